The zero-order valence-corrected chi connectivity index (χ0v) is 9.68. The van der Waals surface area contributed by atoms with Crippen LogP contribution in [-0.4, -0.2) is 26.7 Å². The molecule has 96 valence electrons. The van der Waals surface area contributed by atoms with Crippen molar-refractivity contribution in [2.75, 3.05) is 6.61 Å². The van der Waals surface area contributed by atoms with Crippen LogP contribution in [0.25, 0.3) is 0 Å². The van der Waals surface area contributed by atoms with Crippen molar-refractivity contribution in [2.45, 2.75) is 19.4 Å². The quantitative estimate of drug-likeness (QED) is 0.879. The third-order valence-corrected chi connectivity index (χ3v) is 2.54. The van der Waals surface area contributed by atoms with Gasteiger partial charge in [0.25, 0.3) is 0 Å². The first-order chi connectivity index (χ1) is 8.70. The lowest BCUT2D eigenvalue weighted by atomic mass is 10.2. The maximum absolute atomic E-state index is 13.4. The summed E-state index contributed by atoms with van der Waals surface area (Å²) in [4.78, 5) is 0. The Morgan fingerprint density at radius 3 is 2.89 bits per heavy atom. The Bertz CT molecular complexity index is 528. The van der Waals surface area contributed by atoms with E-state index >= 15 is 0 Å². The number of hydrogen-bond acceptors (Lipinski definition) is 3. The normalized spacial score (nSPS) is 10.8. The average molecular weight is 253 g/mol. The standard InChI is InChI=1S/C12H13F2N3O/c13-11-5-1-3-9(12(11)14)7-17-8-10(15-16-17)4-2-6-18/h1,3,5,8,18H,2,4,6-7H2. The van der Waals surface area contributed by atoms with Crippen LogP contribution in [0.4, 0.5) is 8.78 Å². The summed E-state index contributed by atoms with van der Waals surface area (Å²) in [5.41, 5.74) is 0.953. The Morgan fingerprint density at radius 1 is 1.28 bits per heavy atom. The molecule has 2 aromatic rings. The van der Waals surface area contributed by atoms with E-state index in [0.29, 0.717) is 12.8 Å². The highest BCUT2D eigenvalue weighted by atomic mass is 19.2. The summed E-state index contributed by atoms with van der Waals surface area (Å²) >= 11 is 0. The number of halogens is 2. The highest BCUT2D eigenvalue weighted by molar-refractivity contribution is 5.19. The number of aromatic nitrogens is 3. The lowest BCUT2D eigenvalue weighted by Gasteiger charge is -2.02. The third kappa shape index (κ3) is 2.89. The van der Waals surface area contributed by atoms with Gasteiger partial charge in [0.2, 0.25) is 0 Å². The SMILES string of the molecule is OCCCc1cn(Cc2cccc(F)c2F)nn1. The van der Waals surface area contributed by atoms with Crippen LogP contribution in [0.15, 0.2) is 24.4 Å². The molecule has 1 aromatic heterocycles. The lowest BCUT2D eigenvalue weighted by molar-refractivity contribution is 0.288. The molecule has 1 aromatic carbocycles. The predicted octanol–water partition coefficient (Wildman–Crippen LogP) is 1.53. The monoisotopic (exact) mass is 253 g/mol. The van der Waals surface area contributed by atoms with Crippen LogP contribution in [0.2, 0.25) is 0 Å². The smallest absolute Gasteiger partial charge is 0.163 e. The molecule has 0 spiro atoms. The van der Waals surface area contributed by atoms with E-state index < -0.39 is 11.6 Å². The molecule has 0 fully saturated rings. The van der Waals surface area contributed by atoms with Crippen LogP contribution in [-0.2, 0) is 13.0 Å². The van der Waals surface area contributed by atoms with Crippen molar-refractivity contribution < 1.29 is 13.9 Å². The van der Waals surface area contributed by atoms with E-state index in [4.69, 9.17) is 5.11 Å². The Balaban J connectivity index is 2.09. The zero-order valence-electron chi connectivity index (χ0n) is 9.68. The van der Waals surface area contributed by atoms with Gasteiger partial charge in [-0.25, -0.2) is 13.5 Å². The van der Waals surface area contributed by atoms with Gasteiger partial charge in [0.15, 0.2) is 11.6 Å². The first kappa shape index (κ1) is 12.6. The average Bonchev–Trinajstić information content (AvgIpc) is 2.80. The molecule has 0 aliphatic carbocycles. The second kappa shape index (κ2) is 5.68. The molecule has 0 amide bonds. The van der Waals surface area contributed by atoms with Crippen molar-refractivity contribution in [2.24, 2.45) is 0 Å². The maximum Gasteiger partial charge on any atom is 0.163 e. The number of hydrogen-bond donors (Lipinski definition) is 1. The molecule has 0 unspecified atom stereocenters. The van der Waals surface area contributed by atoms with E-state index in [1.54, 1.807) is 6.20 Å². The maximum atomic E-state index is 13.4. The highest BCUT2D eigenvalue weighted by Crippen LogP contribution is 2.12. The van der Waals surface area contributed by atoms with Crippen molar-refractivity contribution in [1.29, 1.82) is 0 Å². The minimum atomic E-state index is -0.867. The molecular weight excluding hydrogens is 240 g/mol. The fourth-order valence-electron chi connectivity index (χ4n) is 1.64. The molecule has 2 rings (SSSR count). The largest absolute Gasteiger partial charge is 0.396 e. The summed E-state index contributed by atoms with van der Waals surface area (Å²) in [5.74, 6) is -1.72. The van der Waals surface area contributed by atoms with E-state index in [-0.39, 0.29) is 18.7 Å². The van der Waals surface area contributed by atoms with E-state index in [9.17, 15) is 8.78 Å². The van der Waals surface area contributed by atoms with E-state index in [1.807, 2.05) is 0 Å². The zero-order chi connectivity index (χ0) is 13.0. The van der Waals surface area contributed by atoms with Gasteiger partial charge in [-0.1, -0.05) is 17.3 Å². The number of aliphatic hydroxyl groups is 1. The van der Waals surface area contributed by atoms with Crippen molar-refractivity contribution in [3.63, 3.8) is 0 Å². The summed E-state index contributed by atoms with van der Waals surface area (Å²) in [5, 5.41) is 16.4. The predicted molar refractivity (Wildman–Crippen MR) is 60.9 cm³/mol. The van der Waals surface area contributed by atoms with Gasteiger partial charge in [-0.2, -0.15) is 0 Å². The van der Waals surface area contributed by atoms with Gasteiger partial charge in [0, 0.05) is 18.4 Å². The van der Waals surface area contributed by atoms with Gasteiger partial charge in [-0.3, -0.25) is 0 Å². The van der Waals surface area contributed by atoms with E-state index in [2.05, 4.69) is 10.3 Å². The van der Waals surface area contributed by atoms with Crippen LogP contribution in [0.1, 0.15) is 17.7 Å². The minimum absolute atomic E-state index is 0.0887. The Hall–Kier alpha value is -1.82. The van der Waals surface area contributed by atoms with E-state index in [0.717, 1.165) is 11.8 Å². The Labute approximate surface area is 103 Å². The third-order valence-electron chi connectivity index (χ3n) is 2.54. The highest BCUT2D eigenvalue weighted by Gasteiger charge is 2.09. The molecule has 0 aliphatic rings. The van der Waals surface area contributed by atoms with Crippen molar-refractivity contribution >= 4 is 0 Å². The molecular formula is C12H13F2N3O. The van der Waals surface area contributed by atoms with Crippen molar-refractivity contribution in [1.82, 2.24) is 15.0 Å². The van der Waals surface area contributed by atoms with Gasteiger partial charge in [-0.05, 0) is 18.9 Å². The van der Waals surface area contributed by atoms with Gasteiger partial charge in [0.05, 0.1) is 12.2 Å². The molecule has 0 bridgehead atoms. The molecule has 18 heavy (non-hydrogen) atoms. The number of aryl methyl sites for hydroxylation is 1. The topological polar surface area (TPSA) is 50.9 Å². The van der Waals surface area contributed by atoms with Crippen LogP contribution in [0.3, 0.4) is 0 Å². The van der Waals surface area contributed by atoms with E-state index in [1.165, 1.54) is 16.8 Å². The summed E-state index contributed by atoms with van der Waals surface area (Å²) in [7, 11) is 0. The summed E-state index contributed by atoms with van der Waals surface area (Å²) in [6.45, 7) is 0.223. The summed E-state index contributed by atoms with van der Waals surface area (Å²) < 4.78 is 27.9. The van der Waals surface area contributed by atoms with Crippen LogP contribution >= 0.6 is 0 Å². The Morgan fingerprint density at radius 2 is 2.11 bits per heavy atom. The number of rotatable bonds is 5. The minimum Gasteiger partial charge on any atom is -0.396 e. The second-order valence-corrected chi connectivity index (χ2v) is 3.95. The van der Waals surface area contributed by atoms with Gasteiger partial charge < -0.3 is 5.11 Å². The second-order valence-electron chi connectivity index (χ2n) is 3.95. The molecule has 0 radical (unpaired) electrons. The molecule has 0 atom stereocenters. The van der Waals surface area contributed by atoms with Crippen LogP contribution in [0, 0.1) is 11.6 Å². The fourth-order valence-corrected chi connectivity index (χ4v) is 1.64. The summed E-state index contributed by atoms with van der Waals surface area (Å²) in [6.07, 6.45) is 2.88. The van der Waals surface area contributed by atoms with Crippen LogP contribution in [0.5, 0.6) is 0 Å². The van der Waals surface area contributed by atoms with Gasteiger partial charge in [-0.15, -0.1) is 5.10 Å². The molecule has 1 N–H and O–H groups in total. The lowest BCUT2D eigenvalue weighted by Crippen LogP contribution is -2.04. The molecule has 1 heterocycles. The first-order valence-electron chi connectivity index (χ1n) is 5.63. The molecule has 6 heteroatoms. The molecule has 0 saturated heterocycles. The summed E-state index contributed by atoms with van der Waals surface area (Å²) in [6, 6.07) is 4.04. The molecule has 0 saturated carbocycles. The first-order valence-corrected chi connectivity index (χ1v) is 5.63. The fraction of sp³-hybridized carbons (Fsp3) is 0.333. The Kier molecular flexibility index (Phi) is 3.99. The van der Waals surface area contributed by atoms with Crippen molar-refractivity contribution in [3.8, 4) is 0 Å². The number of nitrogens with zero attached hydrogens (tertiary/aromatic N) is 3. The molecule has 4 nitrogen and oxygen atoms in total. The number of aliphatic hydroxyl groups excluding tert-OH is 1. The van der Waals surface area contributed by atoms with Gasteiger partial charge in [0.1, 0.15) is 0 Å². The van der Waals surface area contributed by atoms with Gasteiger partial charge >= 0.3 is 0 Å². The van der Waals surface area contributed by atoms with Crippen molar-refractivity contribution in [3.05, 3.63) is 47.3 Å². The van der Waals surface area contributed by atoms with Crippen LogP contribution < -0.4 is 0 Å². The molecule has 0 aliphatic heterocycles. The number of benzene rings is 1.